The van der Waals surface area contributed by atoms with Gasteiger partial charge >= 0.3 is 6.18 Å². The standard InChI is InChI=1S/C23H26F5N5O2S.C2H6/c1-12-5-4-8-33(12)22(35)17-18(36-21(32-17)20(34)31-13-6-2-3-7-13)15-10-29-16(9-14(15)19(24)25)30-11-23(26,27)28;1-2/h9-10,12-13,19H,2-8,11H2,1H3,(H,29,30)(H,31,34);1-2H3. The maximum atomic E-state index is 14.0. The van der Waals surface area contributed by atoms with Crippen LogP contribution >= 0.6 is 11.3 Å². The maximum Gasteiger partial charge on any atom is 0.405 e. The van der Waals surface area contributed by atoms with E-state index in [-0.39, 0.29) is 39.0 Å². The summed E-state index contributed by atoms with van der Waals surface area (Å²) >= 11 is 0.803. The largest absolute Gasteiger partial charge is 0.405 e. The van der Waals surface area contributed by atoms with Crippen LogP contribution in [0, 0.1) is 0 Å². The highest BCUT2D eigenvalue weighted by Gasteiger charge is 2.33. The Morgan fingerprint density at radius 1 is 1.16 bits per heavy atom. The zero-order valence-electron chi connectivity index (χ0n) is 21.5. The molecule has 0 spiro atoms. The Morgan fingerprint density at radius 2 is 1.84 bits per heavy atom. The van der Waals surface area contributed by atoms with Gasteiger partial charge in [-0.05, 0) is 38.7 Å². The average Bonchev–Trinajstić information content (AvgIpc) is 3.64. The molecule has 1 aliphatic carbocycles. The number of rotatable bonds is 7. The molecular formula is C25H32F5N5O2S. The van der Waals surface area contributed by atoms with Gasteiger partial charge in [-0.15, -0.1) is 11.3 Å². The maximum absolute atomic E-state index is 14.0. The first kappa shape index (κ1) is 29.7. The molecule has 1 unspecified atom stereocenters. The van der Waals surface area contributed by atoms with E-state index < -0.39 is 36.5 Å². The fourth-order valence-electron chi connectivity index (χ4n) is 4.56. The summed E-state index contributed by atoms with van der Waals surface area (Å²) in [4.78, 5) is 36.0. The number of nitrogens with one attached hydrogen (secondary N) is 2. The lowest BCUT2D eigenvalue weighted by Crippen LogP contribution is -2.34. The van der Waals surface area contributed by atoms with Gasteiger partial charge in [0.1, 0.15) is 18.1 Å². The number of carbonyl (C=O) groups is 2. The van der Waals surface area contributed by atoms with Gasteiger partial charge in [-0.1, -0.05) is 26.7 Å². The van der Waals surface area contributed by atoms with Crippen molar-refractivity contribution in [3.05, 3.63) is 28.5 Å². The fourth-order valence-corrected chi connectivity index (χ4v) is 5.55. The van der Waals surface area contributed by atoms with E-state index >= 15 is 0 Å². The van der Waals surface area contributed by atoms with Crippen molar-refractivity contribution in [1.82, 2.24) is 20.2 Å². The number of aromatic nitrogens is 2. The van der Waals surface area contributed by atoms with E-state index in [4.69, 9.17) is 0 Å². The highest BCUT2D eigenvalue weighted by Crippen LogP contribution is 2.39. The fraction of sp³-hybridized carbons (Fsp3) is 0.600. The third kappa shape index (κ3) is 7.17. The van der Waals surface area contributed by atoms with E-state index in [0.29, 0.717) is 6.54 Å². The minimum absolute atomic E-state index is 0.0140. The van der Waals surface area contributed by atoms with Crippen LogP contribution < -0.4 is 10.6 Å². The molecule has 0 aromatic carbocycles. The monoisotopic (exact) mass is 561 g/mol. The molecule has 2 aromatic heterocycles. The van der Waals surface area contributed by atoms with Crippen LogP contribution in [0.2, 0.25) is 0 Å². The first-order chi connectivity index (χ1) is 18.0. The Balaban J connectivity index is 0.00000195. The molecule has 7 nitrogen and oxygen atoms in total. The van der Waals surface area contributed by atoms with Crippen LogP contribution in [-0.4, -0.2) is 58.0 Å². The Bertz CT molecular complexity index is 1120. The average molecular weight is 562 g/mol. The molecule has 1 aliphatic heterocycles. The van der Waals surface area contributed by atoms with Crippen molar-refractivity contribution in [2.45, 2.75) is 84.0 Å². The smallest absolute Gasteiger partial charge is 0.361 e. The third-order valence-corrected chi connectivity index (χ3v) is 7.50. The molecule has 2 amide bonds. The highest BCUT2D eigenvalue weighted by molar-refractivity contribution is 7.17. The zero-order valence-corrected chi connectivity index (χ0v) is 22.3. The quantitative estimate of drug-likeness (QED) is 0.380. The molecule has 210 valence electrons. The molecule has 2 aliphatic rings. The second-order valence-electron chi connectivity index (χ2n) is 9.07. The van der Waals surface area contributed by atoms with Crippen molar-refractivity contribution in [2.75, 3.05) is 18.4 Å². The lowest BCUT2D eigenvalue weighted by molar-refractivity contribution is -0.115. The molecule has 2 fully saturated rings. The Hall–Kier alpha value is -2.83. The van der Waals surface area contributed by atoms with Crippen LogP contribution in [0.5, 0.6) is 0 Å². The summed E-state index contributed by atoms with van der Waals surface area (Å²) in [7, 11) is 0. The van der Waals surface area contributed by atoms with Gasteiger partial charge < -0.3 is 15.5 Å². The number of pyridine rings is 1. The summed E-state index contributed by atoms with van der Waals surface area (Å²) in [5.41, 5.74) is -0.884. The second kappa shape index (κ2) is 12.8. The van der Waals surface area contributed by atoms with E-state index in [9.17, 15) is 31.5 Å². The zero-order chi connectivity index (χ0) is 28.0. The minimum Gasteiger partial charge on any atom is -0.361 e. The molecule has 38 heavy (non-hydrogen) atoms. The number of likely N-dealkylation sites (tertiary alicyclic amines) is 1. The van der Waals surface area contributed by atoms with Crippen molar-refractivity contribution in [3.8, 4) is 10.4 Å². The first-order valence-corrected chi connectivity index (χ1v) is 13.6. The number of alkyl halides is 5. The van der Waals surface area contributed by atoms with Gasteiger partial charge in [0.05, 0.1) is 4.88 Å². The third-order valence-electron chi connectivity index (χ3n) is 6.41. The molecule has 2 aromatic rings. The number of nitrogens with zero attached hydrogens (tertiary/aromatic N) is 3. The normalized spacial score (nSPS) is 17.9. The number of anilines is 1. The molecule has 1 atom stereocenters. The number of hydrogen-bond donors (Lipinski definition) is 2. The number of hydrogen-bond acceptors (Lipinski definition) is 6. The van der Waals surface area contributed by atoms with Gasteiger partial charge in [-0.2, -0.15) is 13.2 Å². The summed E-state index contributed by atoms with van der Waals surface area (Å²) in [5, 5.41) is 4.84. The van der Waals surface area contributed by atoms with E-state index in [0.717, 1.165) is 62.1 Å². The number of halogens is 5. The van der Waals surface area contributed by atoms with Crippen molar-refractivity contribution in [3.63, 3.8) is 0 Å². The number of amides is 2. The van der Waals surface area contributed by atoms with Crippen LogP contribution in [0.15, 0.2) is 12.3 Å². The molecule has 1 saturated heterocycles. The molecule has 0 bridgehead atoms. The number of thiazole rings is 1. The van der Waals surface area contributed by atoms with E-state index in [2.05, 4.69) is 15.3 Å². The van der Waals surface area contributed by atoms with Gasteiger partial charge in [-0.25, -0.2) is 18.7 Å². The van der Waals surface area contributed by atoms with Gasteiger partial charge in [-0.3, -0.25) is 9.59 Å². The van der Waals surface area contributed by atoms with Crippen molar-refractivity contribution in [1.29, 1.82) is 0 Å². The first-order valence-electron chi connectivity index (χ1n) is 12.7. The molecule has 13 heteroatoms. The van der Waals surface area contributed by atoms with Crippen LogP contribution in [0.4, 0.5) is 27.8 Å². The van der Waals surface area contributed by atoms with E-state index in [1.165, 1.54) is 0 Å². The van der Waals surface area contributed by atoms with Crippen molar-refractivity contribution in [2.24, 2.45) is 0 Å². The minimum atomic E-state index is -4.56. The number of carbonyl (C=O) groups excluding carboxylic acids is 2. The Morgan fingerprint density at radius 3 is 2.42 bits per heavy atom. The highest BCUT2D eigenvalue weighted by atomic mass is 32.1. The lowest BCUT2D eigenvalue weighted by atomic mass is 10.1. The summed E-state index contributed by atoms with van der Waals surface area (Å²) in [6, 6.07) is 0.737. The lowest BCUT2D eigenvalue weighted by Gasteiger charge is -2.21. The molecule has 1 saturated carbocycles. The van der Waals surface area contributed by atoms with Gasteiger partial charge in [0, 0.05) is 36.0 Å². The topological polar surface area (TPSA) is 87.2 Å². The Kier molecular flexibility index (Phi) is 10.0. The van der Waals surface area contributed by atoms with Crippen molar-refractivity contribution >= 4 is 29.0 Å². The van der Waals surface area contributed by atoms with Crippen LogP contribution in [0.25, 0.3) is 10.4 Å². The molecule has 4 rings (SSSR count). The van der Waals surface area contributed by atoms with Crippen molar-refractivity contribution < 1.29 is 31.5 Å². The van der Waals surface area contributed by atoms with Gasteiger partial charge in [0.25, 0.3) is 18.2 Å². The SMILES string of the molecule is CC.CC1CCCN1C(=O)c1nc(C(=O)NC2CCCC2)sc1-c1cnc(NCC(F)(F)F)cc1C(F)F. The molecular weight excluding hydrogens is 529 g/mol. The Labute approximate surface area is 222 Å². The summed E-state index contributed by atoms with van der Waals surface area (Å²) in [5.74, 6) is -1.35. The predicted octanol–water partition coefficient (Wildman–Crippen LogP) is 6.44. The summed E-state index contributed by atoms with van der Waals surface area (Å²) in [6.45, 7) is 4.91. The van der Waals surface area contributed by atoms with Crippen LogP contribution in [0.1, 0.15) is 91.6 Å². The van der Waals surface area contributed by atoms with E-state index in [1.54, 1.807) is 4.90 Å². The summed E-state index contributed by atoms with van der Waals surface area (Å²) < 4.78 is 65.8. The second-order valence-corrected chi connectivity index (χ2v) is 10.1. The molecule has 0 radical (unpaired) electrons. The van der Waals surface area contributed by atoms with Crippen LogP contribution in [0.3, 0.4) is 0 Å². The van der Waals surface area contributed by atoms with Gasteiger partial charge in [0.15, 0.2) is 5.01 Å². The van der Waals surface area contributed by atoms with Crippen LogP contribution in [-0.2, 0) is 0 Å². The van der Waals surface area contributed by atoms with E-state index in [1.807, 2.05) is 26.1 Å². The molecule has 3 heterocycles. The molecule has 2 N–H and O–H groups in total. The van der Waals surface area contributed by atoms with Gasteiger partial charge in [0.2, 0.25) is 0 Å². The predicted molar refractivity (Wildman–Crippen MR) is 136 cm³/mol. The summed E-state index contributed by atoms with van der Waals surface area (Å²) in [6.07, 6.45) is -1.44.